The first-order chi connectivity index (χ1) is 27.9. The van der Waals surface area contributed by atoms with Gasteiger partial charge in [0, 0.05) is 62.1 Å². The molecule has 2 aromatic carbocycles. The number of hydrogen-bond donors (Lipinski definition) is 0. The van der Waals surface area contributed by atoms with Gasteiger partial charge in [0.2, 0.25) is 11.5 Å². The van der Waals surface area contributed by atoms with E-state index >= 15 is 0 Å². The quantitative estimate of drug-likeness (QED) is 0.114. The lowest BCUT2D eigenvalue weighted by molar-refractivity contribution is 0.243. The van der Waals surface area contributed by atoms with Gasteiger partial charge in [-0.2, -0.15) is 10.2 Å². The van der Waals surface area contributed by atoms with Crippen molar-refractivity contribution in [1.82, 2.24) is 39.3 Å². The van der Waals surface area contributed by atoms with Crippen LogP contribution in [0.3, 0.4) is 0 Å². The van der Waals surface area contributed by atoms with Crippen molar-refractivity contribution in [2.45, 2.75) is 32.6 Å². The van der Waals surface area contributed by atoms with E-state index in [4.69, 9.17) is 38.6 Å². The van der Waals surface area contributed by atoms with Crippen LogP contribution in [0.1, 0.15) is 28.9 Å². The average Bonchev–Trinajstić information content (AvgIpc) is 3.76. The lowest BCUT2D eigenvalue weighted by atomic mass is 10.1. The molecule has 0 bridgehead atoms. The first kappa shape index (κ1) is 39.1. The summed E-state index contributed by atoms with van der Waals surface area (Å²) in [6.07, 6.45) is 8.33. The molecule has 1 fully saturated rings. The Morgan fingerprint density at radius 3 is 1.23 bits per heavy atom. The van der Waals surface area contributed by atoms with Crippen molar-refractivity contribution in [3.05, 3.63) is 108 Å². The molecule has 0 radical (unpaired) electrons. The highest BCUT2D eigenvalue weighted by atomic mass is 16.5. The number of pyridine rings is 2. The van der Waals surface area contributed by atoms with Gasteiger partial charge in [-0.25, -0.2) is 0 Å². The van der Waals surface area contributed by atoms with Gasteiger partial charge in [-0.3, -0.25) is 29.1 Å². The highest BCUT2D eigenvalue weighted by molar-refractivity contribution is 5.70. The Morgan fingerprint density at radius 1 is 0.491 bits per heavy atom. The molecule has 0 unspecified atom stereocenters. The minimum Gasteiger partial charge on any atom is -0.493 e. The molecular weight excluding hydrogens is 725 g/mol. The molecule has 14 heteroatoms. The maximum atomic E-state index is 5.70. The van der Waals surface area contributed by atoms with E-state index in [1.165, 1.54) is 0 Å². The van der Waals surface area contributed by atoms with Crippen molar-refractivity contribution in [2.24, 2.45) is 0 Å². The van der Waals surface area contributed by atoms with Crippen LogP contribution in [-0.2, 0) is 26.2 Å². The number of ether oxygens (including phenoxy) is 6. The Balaban J connectivity index is 1.11. The van der Waals surface area contributed by atoms with Gasteiger partial charge in [0.25, 0.3) is 0 Å². The predicted octanol–water partition coefficient (Wildman–Crippen LogP) is 6.06. The highest BCUT2D eigenvalue weighted by Gasteiger charge is 2.23. The number of hydrogen-bond acceptors (Lipinski definition) is 12. The second kappa shape index (κ2) is 18.2. The fourth-order valence-corrected chi connectivity index (χ4v) is 7.39. The molecule has 6 aromatic rings. The van der Waals surface area contributed by atoms with Crippen LogP contribution in [0, 0.1) is 0 Å². The van der Waals surface area contributed by atoms with E-state index in [1.807, 2.05) is 58.2 Å². The van der Waals surface area contributed by atoms with E-state index in [0.29, 0.717) is 47.6 Å². The van der Waals surface area contributed by atoms with Gasteiger partial charge in [-0.15, -0.1) is 0 Å². The Morgan fingerprint density at radius 2 is 0.895 bits per heavy atom. The second-order valence-electron chi connectivity index (χ2n) is 13.8. The molecule has 5 heterocycles. The largest absolute Gasteiger partial charge is 0.493 e. The molecule has 298 valence electrons. The average molecular weight is 775 g/mol. The van der Waals surface area contributed by atoms with Crippen molar-refractivity contribution in [3.63, 3.8) is 0 Å². The van der Waals surface area contributed by atoms with Crippen LogP contribution in [-0.4, -0.2) is 108 Å². The van der Waals surface area contributed by atoms with E-state index in [0.717, 1.165) is 90.7 Å². The minimum atomic E-state index is 0.550. The smallest absolute Gasteiger partial charge is 0.203 e. The summed E-state index contributed by atoms with van der Waals surface area (Å²) < 4.78 is 38.1. The summed E-state index contributed by atoms with van der Waals surface area (Å²) in [6.45, 7) is 6.27. The lowest BCUT2D eigenvalue weighted by Gasteiger charge is -2.20. The van der Waals surface area contributed by atoms with Crippen LogP contribution >= 0.6 is 0 Å². The third-order valence-corrected chi connectivity index (χ3v) is 10.1. The second-order valence-corrected chi connectivity index (χ2v) is 13.8. The topological polar surface area (TPSA) is 123 Å². The third kappa shape index (κ3) is 8.97. The number of rotatable bonds is 16. The zero-order valence-electron chi connectivity index (χ0n) is 33.5. The molecule has 0 N–H and O–H groups in total. The molecule has 0 atom stereocenters. The van der Waals surface area contributed by atoms with E-state index in [2.05, 4.69) is 44.0 Å². The third-order valence-electron chi connectivity index (χ3n) is 10.1. The van der Waals surface area contributed by atoms with Gasteiger partial charge in [-0.05, 0) is 79.2 Å². The predicted molar refractivity (Wildman–Crippen MR) is 216 cm³/mol. The molecule has 7 rings (SSSR count). The van der Waals surface area contributed by atoms with E-state index in [1.54, 1.807) is 55.1 Å². The van der Waals surface area contributed by atoms with Crippen LogP contribution in [0.15, 0.2) is 85.5 Å². The van der Waals surface area contributed by atoms with Crippen molar-refractivity contribution < 1.29 is 28.4 Å². The number of benzene rings is 2. The standard InChI is InChI=1S/C43H50N8O6/c1-52-38-18-32(19-39(53-2)42(38)56-5)36-22-34(46-50(36)26-30-10-7-12-44-24-30)28-48-14-9-15-49(17-16-48)29-35-23-37(51(47-35)27-31-11-8-13-45-25-31)33-20-40(54-3)43(57-6)41(21-33)55-4/h7-8,10-13,18-25H,9,14-17,26-29H2,1-6H3. The summed E-state index contributed by atoms with van der Waals surface area (Å²) in [5.41, 5.74) is 7.83. The molecule has 1 aliphatic heterocycles. The fraction of sp³-hybridized carbons (Fsp3) is 0.349. The molecule has 0 amide bonds. The Kier molecular flexibility index (Phi) is 12.5. The van der Waals surface area contributed by atoms with Crippen molar-refractivity contribution in [3.8, 4) is 57.0 Å². The number of nitrogens with zero attached hydrogens (tertiary/aromatic N) is 8. The van der Waals surface area contributed by atoms with Crippen molar-refractivity contribution >= 4 is 0 Å². The van der Waals surface area contributed by atoms with E-state index in [-0.39, 0.29) is 0 Å². The summed E-state index contributed by atoms with van der Waals surface area (Å²) in [7, 11) is 9.74. The van der Waals surface area contributed by atoms with Crippen molar-refractivity contribution in [1.29, 1.82) is 0 Å². The Bertz CT molecular complexity index is 2040. The Hall–Kier alpha value is -6.12. The number of aromatic nitrogens is 6. The van der Waals surface area contributed by atoms with Gasteiger partial charge in [0.15, 0.2) is 23.0 Å². The lowest BCUT2D eigenvalue weighted by Crippen LogP contribution is -2.30. The molecule has 1 aliphatic rings. The van der Waals surface area contributed by atoms with Gasteiger partial charge in [0.1, 0.15) is 0 Å². The van der Waals surface area contributed by atoms with Gasteiger partial charge in [0.05, 0.1) is 78.5 Å². The molecular formula is C43H50N8O6. The fourth-order valence-electron chi connectivity index (χ4n) is 7.39. The van der Waals surface area contributed by atoms with Crippen LogP contribution in [0.25, 0.3) is 22.5 Å². The van der Waals surface area contributed by atoms with E-state index < -0.39 is 0 Å². The maximum Gasteiger partial charge on any atom is 0.203 e. The van der Waals surface area contributed by atoms with E-state index in [9.17, 15) is 0 Å². The summed E-state index contributed by atoms with van der Waals surface area (Å²) in [5.74, 6) is 3.46. The maximum absolute atomic E-state index is 5.70. The normalized spacial score (nSPS) is 13.6. The Labute approximate surface area is 333 Å². The van der Waals surface area contributed by atoms with Gasteiger partial charge >= 0.3 is 0 Å². The first-order valence-electron chi connectivity index (χ1n) is 18.9. The van der Waals surface area contributed by atoms with Crippen LogP contribution in [0.4, 0.5) is 0 Å². The monoisotopic (exact) mass is 774 g/mol. The summed E-state index contributed by atoms with van der Waals surface area (Å²) in [5, 5.41) is 10.3. The molecule has 57 heavy (non-hydrogen) atoms. The SMILES string of the molecule is COc1cc(-c2cc(CN3CCCN(Cc4cc(-c5cc(OC)c(OC)c(OC)c5)n(Cc5cccnc5)n4)CC3)nn2Cc2cccnc2)cc(OC)c1OC. The van der Waals surface area contributed by atoms with Crippen LogP contribution in [0.2, 0.25) is 0 Å². The summed E-state index contributed by atoms with van der Waals surface area (Å²) >= 11 is 0. The summed E-state index contributed by atoms with van der Waals surface area (Å²) in [4.78, 5) is 13.6. The molecule has 14 nitrogen and oxygen atoms in total. The highest BCUT2D eigenvalue weighted by Crippen LogP contribution is 2.43. The molecule has 4 aromatic heterocycles. The van der Waals surface area contributed by atoms with Crippen molar-refractivity contribution in [2.75, 3.05) is 68.8 Å². The first-order valence-corrected chi connectivity index (χ1v) is 18.9. The molecule has 0 aliphatic carbocycles. The zero-order chi connectivity index (χ0) is 39.7. The minimum absolute atomic E-state index is 0.550. The summed E-state index contributed by atoms with van der Waals surface area (Å²) in [6, 6.07) is 20.2. The molecule has 0 saturated carbocycles. The molecule has 1 saturated heterocycles. The number of methoxy groups -OCH3 is 6. The van der Waals surface area contributed by atoms with Gasteiger partial charge in [-0.1, -0.05) is 12.1 Å². The van der Waals surface area contributed by atoms with Crippen LogP contribution < -0.4 is 28.4 Å². The zero-order valence-corrected chi connectivity index (χ0v) is 33.5. The van der Waals surface area contributed by atoms with Crippen LogP contribution in [0.5, 0.6) is 34.5 Å². The molecule has 0 spiro atoms. The van der Waals surface area contributed by atoms with Gasteiger partial charge < -0.3 is 28.4 Å².